The van der Waals surface area contributed by atoms with Crippen LogP contribution in [0.25, 0.3) is 0 Å². The SMILES string of the molecule is CCCC1=C(CCl)N=C(c2ccc(C(F)(F)F)cc2)C1.Cl. The van der Waals surface area contributed by atoms with Crippen molar-refractivity contribution >= 4 is 29.7 Å². The van der Waals surface area contributed by atoms with Crippen molar-refractivity contribution in [3.8, 4) is 0 Å². The molecule has 0 spiro atoms. The summed E-state index contributed by atoms with van der Waals surface area (Å²) in [5.41, 5.74) is 2.95. The number of hydrogen-bond acceptors (Lipinski definition) is 1. The van der Waals surface area contributed by atoms with Crippen LogP contribution in [0.5, 0.6) is 0 Å². The van der Waals surface area contributed by atoms with Crippen molar-refractivity contribution in [2.75, 3.05) is 5.88 Å². The lowest BCUT2D eigenvalue weighted by Gasteiger charge is -2.08. The molecule has 1 aromatic rings. The van der Waals surface area contributed by atoms with Crippen LogP contribution in [0.1, 0.15) is 37.3 Å². The van der Waals surface area contributed by atoms with Gasteiger partial charge in [-0.15, -0.1) is 24.0 Å². The smallest absolute Gasteiger partial charge is 0.256 e. The van der Waals surface area contributed by atoms with Crippen LogP contribution in [0.3, 0.4) is 0 Å². The third kappa shape index (κ3) is 4.24. The number of benzene rings is 1. The predicted molar refractivity (Wildman–Crippen MR) is 82.5 cm³/mol. The largest absolute Gasteiger partial charge is 0.416 e. The summed E-state index contributed by atoms with van der Waals surface area (Å²) in [6, 6.07) is 5.14. The van der Waals surface area contributed by atoms with Gasteiger partial charge in [0.2, 0.25) is 0 Å². The summed E-state index contributed by atoms with van der Waals surface area (Å²) in [5.74, 6) is 0.347. The first-order valence-corrected chi connectivity index (χ1v) is 7.01. The van der Waals surface area contributed by atoms with Gasteiger partial charge in [-0.25, -0.2) is 0 Å². The maximum atomic E-state index is 12.5. The van der Waals surface area contributed by atoms with E-state index >= 15 is 0 Å². The zero-order chi connectivity index (χ0) is 14.8. The number of halogens is 5. The van der Waals surface area contributed by atoms with E-state index in [0.29, 0.717) is 12.3 Å². The van der Waals surface area contributed by atoms with E-state index in [1.165, 1.54) is 17.7 Å². The summed E-state index contributed by atoms with van der Waals surface area (Å²) in [6.07, 6.45) is -1.69. The number of rotatable bonds is 4. The molecule has 0 amide bonds. The molecule has 116 valence electrons. The minimum atomic E-state index is -4.30. The molecule has 0 N–H and O–H groups in total. The van der Waals surface area contributed by atoms with Crippen molar-refractivity contribution in [3.05, 3.63) is 46.7 Å². The summed E-state index contributed by atoms with van der Waals surface area (Å²) in [4.78, 5) is 4.45. The van der Waals surface area contributed by atoms with E-state index in [4.69, 9.17) is 11.6 Å². The summed E-state index contributed by atoms with van der Waals surface area (Å²) in [7, 11) is 0. The maximum absolute atomic E-state index is 12.5. The van der Waals surface area contributed by atoms with Crippen molar-refractivity contribution < 1.29 is 13.2 Å². The van der Waals surface area contributed by atoms with Crippen LogP contribution in [0.2, 0.25) is 0 Å². The van der Waals surface area contributed by atoms with E-state index in [2.05, 4.69) is 11.9 Å². The Balaban J connectivity index is 0.00000220. The monoisotopic (exact) mass is 337 g/mol. The highest BCUT2D eigenvalue weighted by molar-refractivity contribution is 6.20. The molecule has 1 aromatic carbocycles. The van der Waals surface area contributed by atoms with E-state index in [9.17, 15) is 13.2 Å². The van der Waals surface area contributed by atoms with Gasteiger partial charge in [-0.1, -0.05) is 25.5 Å². The number of hydrogen-bond donors (Lipinski definition) is 0. The molecular formula is C15H16Cl2F3N. The van der Waals surface area contributed by atoms with Crippen molar-refractivity contribution in [1.29, 1.82) is 0 Å². The second kappa shape index (κ2) is 7.32. The lowest BCUT2D eigenvalue weighted by atomic mass is 10.00. The Morgan fingerprint density at radius 3 is 2.29 bits per heavy atom. The second-order valence-corrected chi connectivity index (χ2v) is 5.01. The summed E-state index contributed by atoms with van der Waals surface area (Å²) in [6.45, 7) is 2.08. The lowest BCUT2D eigenvalue weighted by molar-refractivity contribution is -0.137. The van der Waals surface area contributed by atoms with Crippen molar-refractivity contribution in [2.24, 2.45) is 4.99 Å². The van der Waals surface area contributed by atoms with Crippen LogP contribution in [0.15, 0.2) is 40.5 Å². The molecule has 1 aliphatic rings. The Morgan fingerprint density at radius 2 is 1.81 bits per heavy atom. The molecule has 0 radical (unpaired) electrons. The van der Waals surface area contributed by atoms with Crippen molar-refractivity contribution in [3.63, 3.8) is 0 Å². The highest BCUT2D eigenvalue weighted by Crippen LogP contribution is 2.31. The van der Waals surface area contributed by atoms with Gasteiger partial charge < -0.3 is 0 Å². The van der Waals surface area contributed by atoms with Crippen molar-refractivity contribution in [2.45, 2.75) is 32.4 Å². The van der Waals surface area contributed by atoms with Crippen LogP contribution >= 0.6 is 24.0 Å². The van der Waals surface area contributed by atoms with E-state index in [1.54, 1.807) is 0 Å². The lowest BCUT2D eigenvalue weighted by Crippen LogP contribution is -2.06. The molecule has 0 atom stereocenters. The average molecular weight is 338 g/mol. The molecule has 0 fully saturated rings. The highest BCUT2D eigenvalue weighted by atomic mass is 35.5. The standard InChI is InChI=1S/C15H15ClF3N.ClH/c1-2-3-11-8-13(20-14(11)9-16)10-4-6-12(7-5-10)15(17,18)19;/h4-7H,2-3,8-9H2,1H3;1H. The van der Waals surface area contributed by atoms with E-state index < -0.39 is 11.7 Å². The molecule has 0 saturated carbocycles. The number of nitrogens with zero attached hydrogens (tertiary/aromatic N) is 1. The molecule has 0 unspecified atom stereocenters. The van der Waals surface area contributed by atoms with Crippen LogP contribution in [0, 0.1) is 0 Å². The molecule has 0 aromatic heterocycles. The topological polar surface area (TPSA) is 12.4 Å². The molecule has 0 aliphatic carbocycles. The molecule has 0 bridgehead atoms. The van der Waals surface area contributed by atoms with Gasteiger partial charge in [-0.2, -0.15) is 13.2 Å². The number of alkyl halides is 4. The van der Waals surface area contributed by atoms with Gasteiger partial charge in [-0.05, 0) is 29.7 Å². The third-order valence-corrected chi connectivity index (χ3v) is 3.54. The van der Waals surface area contributed by atoms with Crippen LogP contribution in [-0.4, -0.2) is 11.6 Å². The van der Waals surface area contributed by atoms with Gasteiger partial charge in [-0.3, -0.25) is 4.99 Å². The summed E-state index contributed by atoms with van der Waals surface area (Å²) in [5, 5.41) is 0. The van der Waals surface area contributed by atoms with E-state index in [0.717, 1.165) is 41.9 Å². The first-order chi connectivity index (χ1) is 9.45. The fourth-order valence-electron chi connectivity index (χ4n) is 2.26. The van der Waals surface area contributed by atoms with Crippen LogP contribution in [0.4, 0.5) is 13.2 Å². The molecular weight excluding hydrogens is 322 g/mol. The maximum Gasteiger partial charge on any atom is 0.416 e. The van der Waals surface area contributed by atoms with Gasteiger partial charge in [0.15, 0.2) is 0 Å². The van der Waals surface area contributed by atoms with E-state index in [-0.39, 0.29) is 12.4 Å². The summed E-state index contributed by atoms with van der Waals surface area (Å²) < 4.78 is 37.6. The van der Waals surface area contributed by atoms with Gasteiger partial charge in [0, 0.05) is 6.42 Å². The highest BCUT2D eigenvalue weighted by Gasteiger charge is 2.30. The second-order valence-electron chi connectivity index (χ2n) is 4.74. The summed E-state index contributed by atoms with van der Waals surface area (Å²) >= 11 is 5.86. The van der Waals surface area contributed by atoms with Gasteiger partial charge >= 0.3 is 6.18 Å². The molecule has 2 rings (SSSR count). The quantitative estimate of drug-likeness (QED) is 0.633. The molecule has 1 heterocycles. The van der Waals surface area contributed by atoms with Gasteiger partial charge in [0.1, 0.15) is 0 Å². The number of allylic oxidation sites excluding steroid dienone is 2. The van der Waals surface area contributed by atoms with Crippen molar-refractivity contribution in [1.82, 2.24) is 0 Å². The first kappa shape index (κ1) is 18.1. The Bertz CT molecular complexity index is 545. The average Bonchev–Trinajstić information content (AvgIpc) is 2.81. The van der Waals surface area contributed by atoms with Gasteiger partial charge in [0.05, 0.1) is 22.9 Å². The first-order valence-electron chi connectivity index (χ1n) is 6.47. The predicted octanol–water partition coefficient (Wildman–Crippen LogP) is 5.61. The molecule has 6 heteroatoms. The Labute approximate surface area is 133 Å². The number of aliphatic imine (C=N–C) groups is 1. The molecule has 1 nitrogen and oxygen atoms in total. The minimum absolute atomic E-state index is 0. The third-order valence-electron chi connectivity index (χ3n) is 3.28. The molecule has 0 saturated heterocycles. The van der Waals surface area contributed by atoms with Crippen LogP contribution in [-0.2, 0) is 6.18 Å². The molecule has 1 aliphatic heterocycles. The normalized spacial score (nSPS) is 15.0. The van der Waals surface area contributed by atoms with Crippen LogP contribution < -0.4 is 0 Å². The Hall–Kier alpha value is -1.00. The zero-order valence-electron chi connectivity index (χ0n) is 11.5. The Morgan fingerprint density at radius 1 is 1.19 bits per heavy atom. The zero-order valence-corrected chi connectivity index (χ0v) is 13.1. The fraction of sp³-hybridized carbons (Fsp3) is 0.400. The molecule has 21 heavy (non-hydrogen) atoms. The minimum Gasteiger partial charge on any atom is -0.256 e. The van der Waals surface area contributed by atoms with E-state index in [1.807, 2.05) is 0 Å². The fourth-order valence-corrected chi connectivity index (χ4v) is 2.51. The Kier molecular flexibility index (Phi) is 6.29. The van der Waals surface area contributed by atoms with Gasteiger partial charge in [0.25, 0.3) is 0 Å².